The van der Waals surface area contributed by atoms with Crippen LogP contribution in [0.15, 0.2) is 30.9 Å². The third-order valence-electron chi connectivity index (χ3n) is 3.30. The van der Waals surface area contributed by atoms with E-state index in [0.717, 1.165) is 24.2 Å². The molecule has 1 heterocycles. The van der Waals surface area contributed by atoms with Gasteiger partial charge in [0.1, 0.15) is 11.5 Å². The smallest absolute Gasteiger partial charge is 0.223 e. The lowest BCUT2D eigenvalue weighted by molar-refractivity contribution is -0.120. The molecule has 0 spiro atoms. The molecule has 1 unspecified atom stereocenters. The van der Waals surface area contributed by atoms with E-state index in [1.54, 1.807) is 24.3 Å². The van der Waals surface area contributed by atoms with E-state index in [2.05, 4.69) is 11.9 Å². The number of ether oxygens (including phenoxy) is 1. The van der Waals surface area contributed by atoms with Crippen molar-refractivity contribution >= 4 is 5.91 Å². The minimum absolute atomic E-state index is 0.00167. The number of phenolic OH excluding ortho intramolecular Hbond substituents is 1. The highest BCUT2D eigenvalue weighted by atomic mass is 16.5. The van der Waals surface area contributed by atoms with Crippen LogP contribution in [0.1, 0.15) is 30.7 Å². The number of nitrogens with one attached hydrogen (secondary N) is 1. The van der Waals surface area contributed by atoms with Crippen molar-refractivity contribution in [1.82, 2.24) is 5.32 Å². The second kappa shape index (κ2) is 6.27. The summed E-state index contributed by atoms with van der Waals surface area (Å²) < 4.78 is 5.56. The molecule has 1 aromatic rings. The average molecular weight is 261 g/mol. The first-order chi connectivity index (χ1) is 9.20. The molecule has 1 amide bonds. The summed E-state index contributed by atoms with van der Waals surface area (Å²) in [5.74, 6) is 1.41. The number of rotatable bonds is 5. The van der Waals surface area contributed by atoms with Crippen molar-refractivity contribution in [2.45, 2.75) is 25.2 Å². The van der Waals surface area contributed by atoms with E-state index >= 15 is 0 Å². The SMILES string of the molecule is C=CCC(=O)NCCC1CCOc2ccc(O)cc21. The summed E-state index contributed by atoms with van der Waals surface area (Å²) in [6.07, 6.45) is 3.71. The van der Waals surface area contributed by atoms with Crippen molar-refractivity contribution < 1.29 is 14.6 Å². The maximum Gasteiger partial charge on any atom is 0.223 e. The fourth-order valence-corrected chi connectivity index (χ4v) is 2.34. The van der Waals surface area contributed by atoms with E-state index in [1.165, 1.54) is 0 Å². The first kappa shape index (κ1) is 13.5. The molecule has 0 radical (unpaired) electrons. The average Bonchev–Trinajstić information content (AvgIpc) is 2.39. The second-order valence-corrected chi connectivity index (χ2v) is 4.69. The fraction of sp³-hybridized carbons (Fsp3) is 0.400. The van der Waals surface area contributed by atoms with Crippen LogP contribution in [0, 0.1) is 0 Å². The topological polar surface area (TPSA) is 58.6 Å². The van der Waals surface area contributed by atoms with Crippen molar-refractivity contribution in [3.05, 3.63) is 36.4 Å². The Bertz CT molecular complexity index is 470. The predicted octanol–water partition coefficient (Wildman–Crippen LogP) is 2.34. The number of fused-ring (bicyclic) bond motifs is 1. The van der Waals surface area contributed by atoms with E-state index in [-0.39, 0.29) is 11.7 Å². The quantitative estimate of drug-likeness (QED) is 0.800. The predicted molar refractivity (Wildman–Crippen MR) is 73.4 cm³/mol. The van der Waals surface area contributed by atoms with Gasteiger partial charge in [0, 0.05) is 18.5 Å². The van der Waals surface area contributed by atoms with Crippen molar-refractivity contribution in [2.75, 3.05) is 13.2 Å². The highest BCUT2D eigenvalue weighted by molar-refractivity contribution is 5.77. The number of phenols is 1. The number of carbonyl (C=O) groups excluding carboxylic acids is 1. The van der Waals surface area contributed by atoms with Crippen LogP contribution in [0.4, 0.5) is 0 Å². The standard InChI is InChI=1S/C15H19NO3/c1-2-3-15(18)16-8-6-11-7-9-19-14-5-4-12(17)10-13(11)14/h2,4-5,10-11,17H,1,3,6-9H2,(H,16,18). The van der Waals surface area contributed by atoms with E-state index in [0.29, 0.717) is 25.5 Å². The van der Waals surface area contributed by atoms with Crippen LogP contribution in [0.2, 0.25) is 0 Å². The largest absolute Gasteiger partial charge is 0.508 e. The van der Waals surface area contributed by atoms with Gasteiger partial charge in [-0.2, -0.15) is 0 Å². The van der Waals surface area contributed by atoms with E-state index < -0.39 is 0 Å². The number of aromatic hydroxyl groups is 1. The molecule has 4 heteroatoms. The van der Waals surface area contributed by atoms with Crippen LogP contribution in [0.3, 0.4) is 0 Å². The number of hydrogen-bond acceptors (Lipinski definition) is 3. The van der Waals surface area contributed by atoms with Gasteiger partial charge in [-0.3, -0.25) is 4.79 Å². The highest BCUT2D eigenvalue weighted by Gasteiger charge is 2.21. The molecule has 102 valence electrons. The summed E-state index contributed by atoms with van der Waals surface area (Å²) in [6.45, 7) is 4.85. The summed E-state index contributed by atoms with van der Waals surface area (Å²) in [6, 6.07) is 5.19. The van der Waals surface area contributed by atoms with Gasteiger partial charge < -0.3 is 15.2 Å². The zero-order valence-corrected chi connectivity index (χ0v) is 10.9. The van der Waals surface area contributed by atoms with Gasteiger partial charge in [-0.1, -0.05) is 6.08 Å². The molecule has 1 aliphatic heterocycles. The van der Waals surface area contributed by atoms with E-state index in [4.69, 9.17) is 4.74 Å². The van der Waals surface area contributed by atoms with Crippen molar-refractivity contribution in [3.8, 4) is 11.5 Å². The minimum Gasteiger partial charge on any atom is -0.508 e. The van der Waals surface area contributed by atoms with Gasteiger partial charge in [-0.05, 0) is 37.0 Å². The van der Waals surface area contributed by atoms with Crippen LogP contribution < -0.4 is 10.1 Å². The van der Waals surface area contributed by atoms with Gasteiger partial charge in [0.05, 0.1) is 6.61 Å². The summed E-state index contributed by atoms with van der Waals surface area (Å²) in [7, 11) is 0. The molecule has 0 bridgehead atoms. The minimum atomic E-state index is -0.00167. The number of benzene rings is 1. The molecular weight excluding hydrogens is 242 g/mol. The summed E-state index contributed by atoms with van der Waals surface area (Å²) in [5, 5.41) is 12.4. The monoisotopic (exact) mass is 261 g/mol. The van der Waals surface area contributed by atoms with Crippen molar-refractivity contribution in [1.29, 1.82) is 0 Å². The van der Waals surface area contributed by atoms with E-state index in [1.807, 2.05) is 0 Å². The number of carbonyl (C=O) groups is 1. The Kier molecular flexibility index (Phi) is 4.44. The van der Waals surface area contributed by atoms with Crippen molar-refractivity contribution in [3.63, 3.8) is 0 Å². The van der Waals surface area contributed by atoms with Gasteiger partial charge in [-0.25, -0.2) is 0 Å². The van der Waals surface area contributed by atoms with Crippen LogP contribution in [0.25, 0.3) is 0 Å². The number of hydrogen-bond donors (Lipinski definition) is 2. The number of amides is 1. The van der Waals surface area contributed by atoms with Gasteiger partial charge in [0.25, 0.3) is 0 Å². The lowest BCUT2D eigenvalue weighted by Crippen LogP contribution is -2.26. The zero-order chi connectivity index (χ0) is 13.7. The molecule has 1 aromatic carbocycles. The maximum absolute atomic E-state index is 11.3. The Balaban J connectivity index is 1.94. The molecule has 0 aliphatic carbocycles. The molecule has 2 N–H and O–H groups in total. The van der Waals surface area contributed by atoms with Crippen LogP contribution in [-0.4, -0.2) is 24.2 Å². The lowest BCUT2D eigenvalue weighted by atomic mass is 9.90. The highest BCUT2D eigenvalue weighted by Crippen LogP contribution is 2.37. The normalized spacial score (nSPS) is 17.2. The Morgan fingerprint density at radius 1 is 1.58 bits per heavy atom. The molecule has 2 rings (SSSR count). The van der Waals surface area contributed by atoms with Gasteiger partial charge >= 0.3 is 0 Å². The molecule has 1 aliphatic rings. The van der Waals surface area contributed by atoms with Gasteiger partial charge in [-0.15, -0.1) is 6.58 Å². The summed E-state index contributed by atoms with van der Waals surface area (Å²) in [5.41, 5.74) is 1.03. The molecule has 4 nitrogen and oxygen atoms in total. The van der Waals surface area contributed by atoms with E-state index in [9.17, 15) is 9.90 Å². The second-order valence-electron chi connectivity index (χ2n) is 4.69. The molecule has 0 fully saturated rings. The van der Waals surface area contributed by atoms with Crippen LogP contribution in [-0.2, 0) is 4.79 Å². The molecule has 0 saturated heterocycles. The van der Waals surface area contributed by atoms with Gasteiger partial charge in [0.15, 0.2) is 0 Å². The Labute approximate surface area is 113 Å². The molecule has 0 saturated carbocycles. The van der Waals surface area contributed by atoms with Crippen LogP contribution in [0.5, 0.6) is 11.5 Å². The van der Waals surface area contributed by atoms with Crippen LogP contribution >= 0.6 is 0 Å². The molecule has 0 aromatic heterocycles. The Hall–Kier alpha value is -1.97. The van der Waals surface area contributed by atoms with Crippen molar-refractivity contribution in [2.24, 2.45) is 0 Å². The Morgan fingerprint density at radius 3 is 3.21 bits per heavy atom. The lowest BCUT2D eigenvalue weighted by Gasteiger charge is -2.26. The maximum atomic E-state index is 11.3. The summed E-state index contributed by atoms with van der Waals surface area (Å²) >= 11 is 0. The van der Waals surface area contributed by atoms with Gasteiger partial charge in [0.2, 0.25) is 5.91 Å². The first-order valence-corrected chi connectivity index (χ1v) is 6.54. The first-order valence-electron chi connectivity index (χ1n) is 6.54. The third-order valence-corrected chi connectivity index (χ3v) is 3.30. The molecule has 19 heavy (non-hydrogen) atoms. The third kappa shape index (κ3) is 3.50. The zero-order valence-electron chi connectivity index (χ0n) is 10.9. The summed E-state index contributed by atoms with van der Waals surface area (Å²) in [4.78, 5) is 11.3. The molecular formula is C15H19NO3. The Morgan fingerprint density at radius 2 is 2.42 bits per heavy atom. The molecule has 1 atom stereocenters. The fourth-order valence-electron chi connectivity index (χ4n) is 2.34.